The average molecular weight is 278 g/mol. The van der Waals surface area contributed by atoms with Gasteiger partial charge < -0.3 is 30.4 Å². The van der Waals surface area contributed by atoms with Crippen LogP contribution in [0.1, 0.15) is 25.7 Å². The van der Waals surface area contributed by atoms with Crippen LogP contribution in [0.4, 0.5) is 0 Å². The van der Waals surface area contributed by atoms with E-state index in [1.54, 1.807) is 14.1 Å². The summed E-state index contributed by atoms with van der Waals surface area (Å²) < 4.78 is 0. The standard InChI is InChI=1S/2C5H11NO2.2Na/c2*1-6-4-2-3-5(7)8;;/h2*6H,2-4H2,1H3,(H,7,8);;/q;;2*+1/p-2. The van der Waals surface area contributed by atoms with Crippen molar-refractivity contribution in [2.24, 2.45) is 0 Å². The van der Waals surface area contributed by atoms with Crippen LogP contribution in [0.3, 0.4) is 0 Å². The van der Waals surface area contributed by atoms with Gasteiger partial charge >= 0.3 is 59.1 Å². The molecule has 0 aromatic carbocycles. The number of aliphatic carboxylic acids is 2. The monoisotopic (exact) mass is 278 g/mol. The first kappa shape index (κ1) is 27.2. The predicted octanol–water partition coefficient (Wildman–Crippen LogP) is -8.52. The quantitative estimate of drug-likeness (QED) is 0.337. The number of carbonyl (C=O) groups is 2. The molecule has 0 radical (unpaired) electrons. The number of rotatable bonds is 8. The van der Waals surface area contributed by atoms with Gasteiger partial charge in [-0.25, -0.2) is 0 Å². The van der Waals surface area contributed by atoms with Gasteiger partial charge in [0, 0.05) is 11.9 Å². The van der Waals surface area contributed by atoms with E-state index in [1.165, 1.54) is 0 Å². The molecular formula is C10H20N2Na2O4. The first-order valence-corrected chi connectivity index (χ1v) is 5.23. The third-order valence-corrected chi connectivity index (χ3v) is 1.62. The van der Waals surface area contributed by atoms with Crippen LogP contribution in [0, 0.1) is 0 Å². The van der Waals surface area contributed by atoms with Gasteiger partial charge in [-0.05, 0) is 52.9 Å². The van der Waals surface area contributed by atoms with Gasteiger partial charge in [-0.3, -0.25) is 0 Å². The molecule has 18 heavy (non-hydrogen) atoms. The fourth-order valence-electron chi connectivity index (χ4n) is 0.819. The van der Waals surface area contributed by atoms with E-state index >= 15 is 0 Å². The minimum atomic E-state index is -0.972. The Bertz CT molecular complexity index is 175. The summed E-state index contributed by atoms with van der Waals surface area (Å²) in [7, 11) is 3.57. The molecule has 0 saturated carbocycles. The van der Waals surface area contributed by atoms with Crippen LogP contribution in [-0.2, 0) is 9.59 Å². The van der Waals surface area contributed by atoms with E-state index in [4.69, 9.17) is 0 Å². The van der Waals surface area contributed by atoms with Crippen molar-refractivity contribution >= 4 is 11.9 Å². The van der Waals surface area contributed by atoms with E-state index in [0.717, 1.165) is 13.1 Å². The van der Waals surface area contributed by atoms with Gasteiger partial charge in [0.05, 0.1) is 0 Å². The second-order valence-electron chi connectivity index (χ2n) is 3.16. The van der Waals surface area contributed by atoms with Crippen LogP contribution in [0.15, 0.2) is 0 Å². The second kappa shape index (κ2) is 23.0. The van der Waals surface area contributed by atoms with Crippen molar-refractivity contribution in [3.63, 3.8) is 0 Å². The molecule has 0 saturated heterocycles. The molecule has 6 nitrogen and oxygen atoms in total. The van der Waals surface area contributed by atoms with Crippen LogP contribution in [0.25, 0.3) is 0 Å². The van der Waals surface area contributed by atoms with Crippen LogP contribution >= 0.6 is 0 Å². The maximum Gasteiger partial charge on any atom is 1.00 e. The summed E-state index contributed by atoms with van der Waals surface area (Å²) in [6.45, 7) is 1.49. The fraction of sp³-hybridized carbons (Fsp3) is 0.800. The Morgan fingerprint density at radius 1 is 0.833 bits per heavy atom. The molecular weight excluding hydrogens is 258 g/mol. The summed E-state index contributed by atoms with van der Waals surface area (Å²) in [6, 6.07) is 0. The van der Waals surface area contributed by atoms with Gasteiger partial charge in [-0.2, -0.15) is 0 Å². The molecule has 0 spiro atoms. The van der Waals surface area contributed by atoms with Crippen molar-refractivity contribution in [3.05, 3.63) is 0 Å². The first-order chi connectivity index (χ1) is 7.54. The number of carboxylic acids is 2. The van der Waals surface area contributed by atoms with Crippen LogP contribution < -0.4 is 80.0 Å². The SMILES string of the molecule is CNCCCC(=O)[O-].CNCCCC(=O)[O-].[Na+].[Na+]. The molecule has 0 amide bonds. The minimum absolute atomic E-state index is 0. The molecule has 0 heterocycles. The van der Waals surface area contributed by atoms with Crippen LogP contribution in [0.5, 0.6) is 0 Å². The second-order valence-corrected chi connectivity index (χ2v) is 3.16. The Labute approximate surface area is 153 Å². The zero-order valence-electron chi connectivity index (χ0n) is 11.9. The summed E-state index contributed by atoms with van der Waals surface area (Å²) in [5.41, 5.74) is 0. The maximum absolute atomic E-state index is 9.74. The number of hydrogen-bond donors (Lipinski definition) is 2. The van der Waals surface area contributed by atoms with Crippen molar-refractivity contribution in [3.8, 4) is 0 Å². The fourth-order valence-corrected chi connectivity index (χ4v) is 0.819. The number of carboxylic acid groups (broad SMARTS) is 2. The molecule has 0 fully saturated rings. The van der Waals surface area contributed by atoms with E-state index < -0.39 is 11.9 Å². The predicted molar refractivity (Wildman–Crippen MR) is 56.3 cm³/mol. The summed E-state index contributed by atoms with van der Waals surface area (Å²) in [5, 5.41) is 25.1. The normalized spacial score (nSPS) is 8.11. The van der Waals surface area contributed by atoms with Gasteiger partial charge in [0.25, 0.3) is 0 Å². The Morgan fingerprint density at radius 2 is 1.11 bits per heavy atom. The first-order valence-electron chi connectivity index (χ1n) is 5.23. The van der Waals surface area contributed by atoms with Crippen molar-refractivity contribution in [2.75, 3.05) is 27.2 Å². The number of carbonyl (C=O) groups excluding carboxylic acids is 2. The molecule has 0 bridgehead atoms. The smallest absolute Gasteiger partial charge is 0.550 e. The van der Waals surface area contributed by atoms with Crippen molar-refractivity contribution in [1.82, 2.24) is 10.6 Å². The van der Waals surface area contributed by atoms with Crippen molar-refractivity contribution in [2.45, 2.75) is 25.7 Å². The van der Waals surface area contributed by atoms with Crippen molar-refractivity contribution < 1.29 is 78.9 Å². The minimum Gasteiger partial charge on any atom is -0.550 e. The summed E-state index contributed by atoms with van der Waals surface area (Å²) in [5.74, 6) is -1.94. The third kappa shape index (κ3) is 36.0. The molecule has 0 aliphatic heterocycles. The molecule has 0 atom stereocenters. The van der Waals surface area contributed by atoms with Crippen LogP contribution in [-0.4, -0.2) is 39.1 Å². The van der Waals surface area contributed by atoms with E-state index in [0.29, 0.717) is 12.8 Å². The summed E-state index contributed by atoms with van der Waals surface area (Å²) >= 11 is 0. The van der Waals surface area contributed by atoms with Gasteiger partial charge in [0.2, 0.25) is 0 Å². The zero-order chi connectivity index (χ0) is 12.8. The molecule has 2 N–H and O–H groups in total. The molecule has 0 aliphatic rings. The van der Waals surface area contributed by atoms with Gasteiger partial charge in [-0.15, -0.1) is 0 Å². The summed E-state index contributed by atoms with van der Waals surface area (Å²) in [6.07, 6.45) is 1.61. The molecule has 8 heteroatoms. The molecule has 0 aromatic rings. The topological polar surface area (TPSA) is 104 Å². The van der Waals surface area contributed by atoms with E-state index in [9.17, 15) is 19.8 Å². The number of nitrogens with one attached hydrogen (secondary N) is 2. The molecule has 96 valence electrons. The van der Waals surface area contributed by atoms with Crippen molar-refractivity contribution in [1.29, 1.82) is 0 Å². The third-order valence-electron chi connectivity index (χ3n) is 1.62. The Balaban J connectivity index is -0.0000000980. The Hall–Kier alpha value is 0.860. The zero-order valence-corrected chi connectivity index (χ0v) is 15.9. The molecule has 0 aromatic heterocycles. The van der Waals surface area contributed by atoms with E-state index in [2.05, 4.69) is 10.6 Å². The maximum atomic E-state index is 9.74. The Morgan fingerprint density at radius 3 is 1.28 bits per heavy atom. The van der Waals surface area contributed by atoms with Gasteiger partial charge in [0.1, 0.15) is 0 Å². The van der Waals surface area contributed by atoms with E-state index in [-0.39, 0.29) is 72.0 Å². The summed E-state index contributed by atoms with van der Waals surface area (Å²) in [4.78, 5) is 19.5. The number of hydrogen-bond acceptors (Lipinski definition) is 6. The molecule has 0 unspecified atom stereocenters. The van der Waals surface area contributed by atoms with Gasteiger partial charge in [0.15, 0.2) is 0 Å². The molecule has 0 rings (SSSR count). The van der Waals surface area contributed by atoms with E-state index in [1.807, 2.05) is 0 Å². The van der Waals surface area contributed by atoms with Gasteiger partial charge in [-0.1, -0.05) is 0 Å². The largest absolute Gasteiger partial charge is 1.00 e. The molecule has 0 aliphatic carbocycles. The average Bonchev–Trinajstić information content (AvgIpc) is 2.18. The Kier molecular flexibility index (Phi) is 34.8. The van der Waals surface area contributed by atoms with Crippen LogP contribution in [0.2, 0.25) is 0 Å².